The normalized spacial score (nSPS) is 16.6. The number of Topliss-reactive ketones (excluding diaryl/α,β-unsaturated/α-hetero) is 1. The second-order valence-corrected chi connectivity index (χ2v) is 8.07. The summed E-state index contributed by atoms with van der Waals surface area (Å²) >= 11 is 6.47. The zero-order valence-corrected chi connectivity index (χ0v) is 18.3. The summed E-state index contributed by atoms with van der Waals surface area (Å²) in [6.07, 6.45) is 1.33. The standard InChI is InChI=1S/C22H22ClN5O3/c1-13-12-27(21(30)15-7-5-4-6-8-15)9-10-28(13)22(31)19(29)16-11-24-20-17(18(16)23)14(2)25-26(20)3/h4-8,11,13H,9-10,12H2,1-3H3. The Morgan fingerprint density at radius 1 is 1.13 bits per heavy atom. The Morgan fingerprint density at radius 3 is 2.52 bits per heavy atom. The fraction of sp³-hybridized carbons (Fsp3) is 0.318. The van der Waals surface area contributed by atoms with Gasteiger partial charge in [-0.15, -0.1) is 0 Å². The Bertz CT molecular complexity index is 1190. The van der Waals surface area contributed by atoms with Crippen molar-refractivity contribution in [1.82, 2.24) is 24.6 Å². The maximum Gasteiger partial charge on any atom is 0.295 e. The number of nitrogens with zero attached hydrogens (tertiary/aromatic N) is 5. The van der Waals surface area contributed by atoms with Gasteiger partial charge in [0.15, 0.2) is 5.65 Å². The number of aromatic nitrogens is 3. The van der Waals surface area contributed by atoms with Crippen LogP contribution in [0, 0.1) is 6.92 Å². The van der Waals surface area contributed by atoms with E-state index in [0.29, 0.717) is 35.4 Å². The van der Waals surface area contributed by atoms with E-state index in [1.54, 1.807) is 35.7 Å². The third kappa shape index (κ3) is 3.67. The molecule has 160 valence electrons. The Hall–Kier alpha value is -3.26. The molecular formula is C22H22ClN5O3. The van der Waals surface area contributed by atoms with Gasteiger partial charge in [-0.1, -0.05) is 29.8 Å². The molecule has 1 aromatic carbocycles. The van der Waals surface area contributed by atoms with E-state index in [1.165, 1.54) is 11.1 Å². The van der Waals surface area contributed by atoms with Crippen molar-refractivity contribution < 1.29 is 14.4 Å². The number of aryl methyl sites for hydroxylation is 2. The Balaban J connectivity index is 1.52. The van der Waals surface area contributed by atoms with Crippen molar-refractivity contribution in [3.63, 3.8) is 0 Å². The summed E-state index contributed by atoms with van der Waals surface area (Å²) < 4.78 is 1.58. The van der Waals surface area contributed by atoms with E-state index in [0.717, 1.165) is 0 Å². The first-order valence-electron chi connectivity index (χ1n) is 9.97. The number of benzene rings is 1. The molecule has 1 aliphatic heterocycles. The molecule has 0 bridgehead atoms. The predicted octanol–water partition coefficient (Wildman–Crippen LogP) is 2.49. The highest BCUT2D eigenvalue weighted by atomic mass is 35.5. The van der Waals surface area contributed by atoms with Gasteiger partial charge in [-0.05, 0) is 26.0 Å². The van der Waals surface area contributed by atoms with Crippen molar-refractivity contribution in [1.29, 1.82) is 0 Å². The largest absolute Gasteiger partial charge is 0.335 e. The van der Waals surface area contributed by atoms with E-state index in [1.807, 2.05) is 25.1 Å². The van der Waals surface area contributed by atoms with Crippen LogP contribution in [0.25, 0.3) is 11.0 Å². The molecule has 9 heteroatoms. The smallest absolute Gasteiger partial charge is 0.295 e. The topological polar surface area (TPSA) is 88.4 Å². The molecule has 1 atom stereocenters. The molecule has 8 nitrogen and oxygen atoms in total. The molecule has 0 aliphatic carbocycles. The molecule has 1 fully saturated rings. The van der Waals surface area contributed by atoms with Gasteiger partial charge in [-0.25, -0.2) is 4.98 Å². The molecule has 2 amide bonds. The van der Waals surface area contributed by atoms with Crippen LogP contribution in [0.5, 0.6) is 0 Å². The minimum atomic E-state index is -0.711. The molecular weight excluding hydrogens is 418 g/mol. The predicted molar refractivity (Wildman–Crippen MR) is 116 cm³/mol. The number of hydrogen-bond acceptors (Lipinski definition) is 5. The van der Waals surface area contributed by atoms with Gasteiger partial charge < -0.3 is 9.80 Å². The lowest BCUT2D eigenvalue weighted by Crippen LogP contribution is -2.56. The van der Waals surface area contributed by atoms with E-state index in [2.05, 4.69) is 10.1 Å². The van der Waals surface area contributed by atoms with Crippen LogP contribution in [0.15, 0.2) is 36.5 Å². The minimum absolute atomic E-state index is 0.0604. The van der Waals surface area contributed by atoms with Crippen LogP contribution in [-0.2, 0) is 11.8 Å². The first-order chi connectivity index (χ1) is 14.8. The molecule has 3 heterocycles. The van der Waals surface area contributed by atoms with Crippen LogP contribution in [0.2, 0.25) is 5.02 Å². The number of halogens is 1. The minimum Gasteiger partial charge on any atom is -0.335 e. The maximum absolute atomic E-state index is 13.0. The van der Waals surface area contributed by atoms with Crippen LogP contribution in [-0.4, -0.2) is 67.8 Å². The van der Waals surface area contributed by atoms with Crippen molar-refractivity contribution >= 4 is 40.2 Å². The van der Waals surface area contributed by atoms with Crippen molar-refractivity contribution in [3.05, 3.63) is 58.4 Å². The van der Waals surface area contributed by atoms with Gasteiger partial charge in [-0.2, -0.15) is 5.10 Å². The number of carbonyl (C=O) groups excluding carboxylic acids is 3. The number of rotatable bonds is 3. The van der Waals surface area contributed by atoms with Crippen LogP contribution >= 0.6 is 11.6 Å². The highest BCUT2D eigenvalue weighted by Gasteiger charge is 2.34. The molecule has 31 heavy (non-hydrogen) atoms. The summed E-state index contributed by atoms with van der Waals surface area (Å²) in [4.78, 5) is 46.2. The summed E-state index contributed by atoms with van der Waals surface area (Å²) in [5, 5.41) is 5.02. The zero-order valence-electron chi connectivity index (χ0n) is 17.5. The monoisotopic (exact) mass is 439 g/mol. The van der Waals surface area contributed by atoms with Gasteiger partial charge in [0.2, 0.25) is 0 Å². The fourth-order valence-electron chi connectivity index (χ4n) is 3.98. The lowest BCUT2D eigenvalue weighted by atomic mass is 10.1. The van der Waals surface area contributed by atoms with Gasteiger partial charge >= 0.3 is 0 Å². The summed E-state index contributed by atoms with van der Waals surface area (Å²) in [7, 11) is 1.74. The molecule has 0 N–H and O–H groups in total. The van der Waals surface area contributed by atoms with Gasteiger partial charge in [-0.3, -0.25) is 19.1 Å². The van der Waals surface area contributed by atoms with Crippen LogP contribution in [0.4, 0.5) is 0 Å². The van der Waals surface area contributed by atoms with Crippen LogP contribution in [0.3, 0.4) is 0 Å². The third-order valence-electron chi connectivity index (χ3n) is 5.60. The Morgan fingerprint density at radius 2 is 1.84 bits per heavy atom. The van der Waals surface area contributed by atoms with Gasteiger partial charge in [0, 0.05) is 44.5 Å². The quantitative estimate of drug-likeness (QED) is 0.462. The lowest BCUT2D eigenvalue weighted by Gasteiger charge is -2.39. The van der Waals surface area contributed by atoms with E-state index >= 15 is 0 Å². The van der Waals surface area contributed by atoms with Crippen molar-refractivity contribution in [3.8, 4) is 0 Å². The van der Waals surface area contributed by atoms with Crippen molar-refractivity contribution in [2.75, 3.05) is 19.6 Å². The lowest BCUT2D eigenvalue weighted by molar-refractivity contribution is -0.130. The summed E-state index contributed by atoms with van der Waals surface area (Å²) in [5.41, 5.74) is 1.85. The van der Waals surface area contributed by atoms with Crippen molar-refractivity contribution in [2.24, 2.45) is 7.05 Å². The molecule has 1 unspecified atom stereocenters. The molecule has 3 aromatic rings. The first-order valence-corrected chi connectivity index (χ1v) is 10.3. The average molecular weight is 440 g/mol. The van der Waals surface area contributed by atoms with E-state index in [4.69, 9.17) is 11.6 Å². The van der Waals surface area contributed by atoms with Gasteiger partial charge in [0.1, 0.15) is 0 Å². The molecule has 2 aromatic heterocycles. The molecule has 4 rings (SSSR count). The molecule has 0 spiro atoms. The molecule has 0 saturated carbocycles. The molecule has 1 saturated heterocycles. The third-order valence-corrected chi connectivity index (χ3v) is 5.99. The number of carbonyl (C=O) groups is 3. The number of amides is 2. The van der Waals surface area contributed by atoms with Crippen LogP contribution < -0.4 is 0 Å². The number of ketones is 1. The van der Waals surface area contributed by atoms with Gasteiger partial charge in [0.05, 0.1) is 21.7 Å². The van der Waals surface area contributed by atoms with E-state index in [-0.39, 0.29) is 29.1 Å². The number of piperazine rings is 1. The second kappa shape index (κ2) is 8.11. The highest BCUT2D eigenvalue weighted by Crippen LogP contribution is 2.29. The van der Waals surface area contributed by atoms with E-state index < -0.39 is 11.7 Å². The average Bonchev–Trinajstić information content (AvgIpc) is 3.07. The highest BCUT2D eigenvalue weighted by molar-refractivity contribution is 6.48. The summed E-state index contributed by atoms with van der Waals surface area (Å²) in [6, 6.07) is 8.69. The van der Waals surface area contributed by atoms with E-state index in [9.17, 15) is 14.4 Å². The Kier molecular flexibility index (Phi) is 5.49. The fourth-order valence-corrected chi connectivity index (χ4v) is 4.34. The number of hydrogen-bond donors (Lipinski definition) is 0. The number of pyridine rings is 1. The first kappa shape index (κ1) is 21.0. The Labute approximate surface area is 184 Å². The van der Waals surface area contributed by atoms with Crippen LogP contribution in [0.1, 0.15) is 33.3 Å². The summed E-state index contributed by atoms with van der Waals surface area (Å²) in [5.74, 6) is -1.45. The number of fused-ring (bicyclic) bond motifs is 1. The molecule has 1 aliphatic rings. The summed E-state index contributed by atoms with van der Waals surface area (Å²) in [6.45, 7) is 4.56. The maximum atomic E-state index is 13.0. The van der Waals surface area contributed by atoms with Crippen molar-refractivity contribution in [2.45, 2.75) is 19.9 Å². The van der Waals surface area contributed by atoms with Gasteiger partial charge in [0.25, 0.3) is 17.6 Å². The zero-order chi connectivity index (χ0) is 22.3. The SMILES string of the molecule is Cc1nn(C)c2ncc(C(=O)C(=O)N3CCN(C(=O)c4ccccc4)CC3C)c(Cl)c12. The molecule has 0 radical (unpaired) electrons. The second-order valence-electron chi connectivity index (χ2n) is 7.69.